The van der Waals surface area contributed by atoms with Crippen molar-refractivity contribution < 1.29 is 0 Å². The van der Waals surface area contributed by atoms with E-state index in [2.05, 4.69) is 50.7 Å². The number of rotatable bonds is 5. The highest BCUT2D eigenvalue weighted by molar-refractivity contribution is 5.26. The fourth-order valence-corrected chi connectivity index (χ4v) is 6.94. The number of azide groups is 2. The Labute approximate surface area is 171 Å². The highest BCUT2D eigenvalue weighted by atomic mass is 15.1. The molecule has 3 aliphatic rings. The Hall–Kier alpha value is -2.43. The summed E-state index contributed by atoms with van der Waals surface area (Å²) in [6.45, 7) is 10.1. The molecule has 6 atom stereocenters. The molecule has 0 spiro atoms. The molecule has 8 heteroatoms. The van der Waals surface area contributed by atoms with Crippen LogP contribution in [0, 0.1) is 34.5 Å². The van der Waals surface area contributed by atoms with Crippen molar-refractivity contribution in [2.75, 3.05) is 13.1 Å². The molecule has 1 aromatic heterocycles. The predicted molar refractivity (Wildman–Crippen MR) is 112 cm³/mol. The van der Waals surface area contributed by atoms with Gasteiger partial charge in [-0.2, -0.15) is 5.10 Å². The van der Waals surface area contributed by atoms with Crippen LogP contribution in [0.3, 0.4) is 0 Å². The van der Waals surface area contributed by atoms with Crippen molar-refractivity contribution in [3.63, 3.8) is 0 Å². The van der Waals surface area contributed by atoms with Crippen LogP contribution in [0.1, 0.15) is 50.8 Å². The molecule has 1 heterocycles. The van der Waals surface area contributed by atoms with Crippen molar-refractivity contribution in [1.29, 1.82) is 0 Å². The Bertz CT molecular complexity index is 892. The van der Waals surface area contributed by atoms with Gasteiger partial charge in [-0.3, -0.25) is 5.10 Å². The summed E-state index contributed by atoms with van der Waals surface area (Å²) in [4.78, 5) is 6.15. The first-order chi connectivity index (χ1) is 13.9. The van der Waals surface area contributed by atoms with Crippen molar-refractivity contribution >= 4 is 0 Å². The molecule has 29 heavy (non-hydrogen) atoms. The first-order valence-electron chi connectivity index (χ1n) is 10.6. The van der Waals surface area contributed by atoms with E-state index in [1.165, 1.54) is 16.8 Å². The SMILES string of the molecule is C=C1CC[C@H]2[C@H](CN=[N+]=[N-])[C@@H]([C@@]3(C)Cc4cn[nH]c4C[C@@H]3CN=[N+]=[N-])CC[C@]12C. The molecular weight excluding hydrogens is 364 g/mol. The summed E-state index contributed by atoms with van der Waals surface area (Å²) in [5.41, 5.74) is 22.0. The van der Waals surface area contributed by atoms with E-state index >= 15 is 0 Å². The van der Waals surface area contributed by atoms with Gasteiger partial charge in [0.2, 0.25) is 0 Å². The Morgan fingerprint density at radius 1 is 1.21 bits per heavy atom. The summed E-state index contributed by atoms with van der Waals surface area (Å²) in [5.74, 6) is 1.50. The zero-order valence-corrected chi connectivity index (χ0v) is 17.4. The number of hydrogen-bond acceptors (Lipinski definition) is 3. The molecule has 154 valence electrons. The van der Waals surface area contributed by atoms with Gasteiger partial charge < -0.3 is 0 Å². The molecule has 0 bridgehead atoms. The molecule has 0 amide bonds. The molecule has 0 aromatic carbocycles. The molecular formula is C21H30N8. The van der Waals surface area contributed by atoms with Crippen LogP contribution in [0.25, 0.3) is 20.9 Å². The Morgan fingerprint density at radius 2 is 1.97 bits per heavy atom. The third-order valence-corrected chi connectivity index (χ3v) is 8.72. The maximum Gasteiger partial charge on any atom is 0.0522 e. The monoisotopic (exact) mass is 394 g/mol. The zero-order chi connectivity index (χ0) is 20.6. The molecule has 1 aromatic rings. The largest absolute Gasteiger partial charge is 0.282 e. The predicted octanol–water partition coefficient (Wildman–Crippen LogP) is 5.75. The summed E-state index contributed by atoms with van der Waals surface area (Å²) in [6.07, 6.45) is 8.15. The molecule has 2 saturated carbocycles. The van der Waals surface area contributed by atoms with Crippen LogP contribution in [0.5, 0.6) is 0 Å². The lowest BCUT2D eigenvalue weighted by Crippen LogP contribution is -2.52. The van der Waals surface area contributed by atoms with Gasteiger partial charge >= 0.3 is 0 Å². The topological polar surface area (TPSA) is 126 Å². The molecule has 0 unspecified atom stereocenters. The minimum atomic E-state index is -0.0219. The summed E-state index contributed by atoms with van der Waals surface area (Å²) in [7, 11) is 0. The molecule has 2 fully saturated rings. The molecule has 4 rings (SSSR count). The van der Waals surface area contributed by atoms with Crippen molar-refractivity contribution in [2.24, 2.45) is 44.7 Å². The third kappa shape index (κ3) is 3.11. The minimum Gasteiger partial charge on any atom is -0.282 e. The van der Waals surface area contributed by atoms with Crippen LogP contribution in [-0.2, 0) is 12.8 Å². The maximum atomic E-state index is 9.06. The molecule has 3 aliphatic carbocycles. The number of aromatic nitrogens is 2. The van der Waals surface area contributed by atoms with Crippen LogP contribution < -0.4 is 0 Å². The Kier molecular flexibility index (Phi) is 5.09. The van der Waals surface area contributed by atoms with Gasteiger partial charge in [0.05, 0.1) is 6.20 Å². The highest BCUT2D eigenvalue weighted by Gasteiger charge is 2.56. The molecule has 8 nitrogen and oxygen atoms in total. The Balaban J connectivity index is 1.73. The lowest BCUT2D eigenvalue weighted by atomic mass is 9.49. The van der Waals surface area contributed by atoms with E-state index < -0.39 is 0 Å². The molecule has 0 aliphatic heterocycles. The highest BCUT2D eigenvalue weighted by Crippen LogP contribution is 2.63. The molecule has 1 N–H and O–H groups in total. The number of hydrogen-bond donors (Lipinski definition) is 1. The zero-order valence-electron chi connectivity index (χ0n) is 17.4. The second-order valence-electron chi connectivity index (χ2n) is 9.76. The van der Waals surface area contributed by atoms with E-state index in [9.17, 15) is 0 Å². The number of H-pyrrole nitrogens is 1. The van der Waals surface area contributed by atoms with Crippen molar-refractivity contribution in [2.45, 2.75) is 52.4 Å². The lowest BCUT2D eigenvalue weighted by Gasteiger charge is -2.56. The van der Waals surface area contributed by atoms with Crippen molar-refractivity contribution in [3.8, 4) is 0 Å². The summed E-state index contributed by atoms with van der Waals surface area (Å²) in [6, 6.07) is 0. The molecule has 0 saturated heterocycles. The van der Waals surface area contributed by atoms with Crippen molar-refractivity contribution in [1.82, 2.24) is 10.2 Å². The van der Waals surface area contributed by atoms with Crippen LogP contribution >= 0.6 is 0 Å². The number of fused-ring (bicyclic) bond motifs is 2. The number of allylic oxidation sites excluding steroid dienone is 1. The second kappa shape index (κ2) is 7.43. The summed E-state index contributed by atoms with van der Waals surface area (Å²) in [5, 5.41) is 15.4. The minimum absolute atomic E-state index is 0.0219. The van der Waals surface area contributed by atoms with Gasteiger partial charge in [-0.25, -0.2) is 0 Å². The number of nitrogens with zero attached hydrogens (tertiary/aromatic N) is 7. The first-order valence-corrected chi connectivity index (χ1v) is 10.6. The summed E-state index contributed by atoms with van der Waals surface area (Å²) < 4.78 is 0. The van der Waals surface area contributed by atoms with E-state index in [4.69, 9.17) is 11.1 Å². The van der Waals surface area contributed by atoms with E-state index in [-0.39, 0.29) is 16.7 Å². The van der Waals surface area contributed by atoms with Gasteiger partial charge in [0, 0.05) is 28.6 Å². The van der Waals surface area contributed by atoms with Gasteiger partial charge in [0.25, 0.3) is 0 Å². The van der Waals surface area contributed by atoms with Gasteiger partial charge in [-0.1, -0.05) is 36.2 Å². The van der Waals surface area contributed by atoms with Gasteiger partial charge in [0.1, 0.15) is 0 Å². The lowest BCUT2D eigenvalue weighted by molar-refractivity contribution is -0.0387. The van der Waals surface area contributed by atoms with Crippen molar-refractivity contribution in [3.05, 3.63) is 50.5 Å². The normalized spacial score (nSPS) is 38.5. The Morgan fingerprint density at radius 3 is 2.72 bits per heavy atom. The number of aromatic amines is 1. The van der Waals surface area contributed by atoms with E-state index in [0.29, 0.717) is 30.8 Å². The fraction of sp³-hybridized carbons (Fsp3) is 0.762. The van der Waals surface area contributed by atoms with Gasteiger partial charge in [-0.05, 0) is 89.7 Å². The smallest absolute Gasteiger partial charge is 0.0522 e. The number of nitrogens with one attached hydrogen (secondary N) is 1. The average Bonchev–Trinajstić information content (AvgIpc) is 3.27. The average molecular weight is 395 g/mol. The van der Waals surface area contributed by atoms with E-state index in [0.717, 1.165) is 38.5 Å². The summed E-state index contributed by atoms with van der Waals surface area (Å²) >= 11 is 0. The third-order valence-electron chi connectivity index (χ3n) is 8.72. The fourth-order valence-electron chi connectivity index (χ4n) is 6.94. The first kappa shape index (κ1) is 19.9. The standard InChI is InChI=1S/C21H30N8/c1-13-4-5-17-16(12-26-29-23)18(6-7-20(13,17)2)21(3)9-14-10-24-27-19(14)8-15(21)11-25-28-22/h10,15-18H,1,4-9,11-12H2,2-3H3,(H,24,27)/t15-,16+,17+,18+,20-,21+/m1/s1. The van der Waals surface area contributed by atoms with Gasteiger partial charge in [-0.15, -0.1) is 0 Å². The van der Waals surface area contributed by atoms with Crippen LogP contribution in [0.15, 0.2) is 28.6 Å². The van der Waals surface area contributed by atoms with E-state index in [1.807, 2.05) is 6.20 Å². The quantitative estimate of drug-likeness (QED) is 0.290. The van der Waals surface area contributed by atoms with Crippen LogP contribution in [0.2, 0.25) is 0 Å². The second-order valence-corrected chi connectivity index (χ2v) is 9.76. The van der Waals surface area contributed by atoms with Crippen LogP contribution in [-0.4, -0.2) is 23.3 Å². The maximum absolute atomic E-state index is 9.06. The molecule has 0 radical (unpaired) electrons. The van der Waals surface area contributed by atoms with Crippen LogP contribution in [0.4, 0.5) is 0 Å². The van der Waals surface area contributed by atoms with E-state index in [1.54, 1.807) is 0 Å². The van der Waals surface area contributed by atoms with Gasteiger partial charge in [0.15, 0.2) is 0 Å².